The van der Waals surface area contributed by atoms with Gasteiger partial charge in [-0.15, -0.1) is 0 Å². The van der Waals surface area contributed by atoms with Crippen LogP contribution in [0.1, 0.15) is 23.2 Å². The first-order chi connectivity index (χ1) is 17.6. The second-order valence-electron chi connectivity index (χ2n) is 8.16. The number of hydrogen-bond donors (Lipinski definition) is 2. The lowest BCUT2D eigenvalue weighted by atomic mass is 9.86. The molecule has 2 amide bonds. The molecule has 2 aliphatic rings. The lowest BCUT2D eigenvalue weighted by Gasteiger charge is -2.24. The summed E-state index contributed by atoms with van der Waals surface area (Å²) in [7, 11) is 0. The van der Waals surface area contributed by atoms with E-state index in [0.29, 0.717) is 37.4 Å². The van der Waals surface area contributed by atoms with Crippen molar-refractivity contribution < 1.29 is 55.7 Å². The van der Waals surface area contributed by atoms with Crippen molar-refractivity contribution >= 4 is 29.6 Å². The van der Waals surface area contributed by atoms with Crippen molar-refractivity contribution in [2.75, 3.05) is 24.5 Å². The Balaban J connectivity index is 0.000000301. The van der Waals surface area contributed by atoms with E-state index in [9.17, 15) is 35.9 Å². The topological polar surface area (TPSA) is 141 Å². The monoisotopic (exact) mass is 550 g/mol. The average molecular weight is 550 g/mol. The van der Waals surface area contributed by atoms with Crippen molar-refractivity contribution in [2.24, 2.45) is 5.41 Å². The Bertz CT molecular complexity index is 1120. The van der Waals surface area contributed by atoms with Crippen molar-refractivity contribution in [3.63, 3.8) is 0 Å². The largest absolute Gasteiger partial charge is 0.490 e. The molecule has 38 heavy (non-hydrogen) atoms. The van der Waals surface area contributed by atoms with Crippen molar-refractivity contribution in [1.82, 2.24) is 14.9 Å². The molecule has 2 aromatic heterocycles. The first-order valence-corrected chi connectivity index (χ1v) is 10.6. The van der Waals surface area contributed by atoms with Crippen LogP contribution in [0.15, 0.2) is 48.9 Å². The number of carboxylic acid groups (broad SMARTS) is 2. The molecule has 2 saturated heterocycles. The van der Waals surface area contributed by atoms with Crippen molar-refractivity contribution in [2.45, 2.75) is 25.2 Å². The molecule has 0 saturated carbocycles. The number of alkyl halides is 6. The van der Waals surface area contributed by atoms with Gasteiger partial charge in [-0.1, -0.05) is 6.07 Å². The minimum Gasteiger partial charge on any atom is -0.475 e. The Morgan fingerprint density at radius 1 is 0.868 bits per heavy atom. The first-order valence-electron chi connectivity index (χ1n) is 10.6. The molecule has 4 rings (SSSR count). The third-order valence-corrected chi connectivity index (χ3v) is 5.38. The molecule has 0 aromatic carbocycles. The maximum Gasteiger partial charge on any atom is 0.490 e. The summed E-state index contributed by atoms with van der Waals surface area (Å²) < 4.78 is 63.5. The summed E-state index contributed by atoms with van der Waals surface area (Å²) in [4.78, 5) is 54.7. The number of amides is 2. The van der Waals surface area contributed by atoms with Crippen molar-refractivity contribution in [3.05, 3.63) is 54.5 Å². The number of rotatable bonds is 2. The summed E-state index contributed by atoms with van der Waals surface area (Å²) >= 11 is 0. The molecule has 2 N–H and O–H groups in total. The third kappa shape index (κ3) is 8.14. The van der Waals surface area contributed by atoms with Gasteiger partial charge in [0.2, 0.25) is 5.91 Å². The van der Waals surface area contributed by atoms with Crippen LogP contribution in [-0.2, 0) is 14.4 Å². The number of aromatic nitrogens is 2. The minimum absolute atomic E-state index is 0.0120. The molecule has 0 aliphatic carbocycles. The molecular weight excluding hydrogens is 530 g/mol. The smallest absolute Gasteiger partial charge is 0.475 e. The molecule has 2 aromatic rings. The normalized spacial score (nSPS) is 18.8. The van der Waals surface area contributed by atoms with E-state index in [4.69, 9.17) is 19.8 Å². The molecule has 206 valence electrons. The zero-order valence-electron chi connectivity index (χ0n) is 19.2. The second-order valence-corrected chi connectivity index (χ2v) is 8.16. The van der Waals surface area contributed by atoms with Gasteiger partial charge in [0.05, 0.1) is 0 Å². The van der Waals surface area contributed by atoms with Crippen molar-refractivity contribution in [1.29, 1.82) is 0 Å². The highest BCUT2D eigenvalue weighted by Gasteiger charge is 2.49. The van der Waals surface area contributed by atoms with E-state index in [1.807, 2.05) is 23.1 Å². The molecule has 1 unspecified atom stereocenters. The molecular formula is C22H20F6N4O6. The SMILES string of the molecule is O=C(O)C(F)(F)F.O=C(O)C(F)(F)F.O=C(c1ccncc1)N1CCC2(CC(=O)N(c3ccccn3)C2)C1. The van der Waals surface area contributed by atoms with Crippen LogP contribution in [-0.4, -0.2) is 80.8 Å². The summed E-state index contributed by atoms with van der Waals surface area (Å²) in [5.74, 6) is -4.72. The van der Waals surface area contributed by atoms with Gasteiger partial charge in [0.15, 0.2) is 0 Å². The highest BCUT2D eigenvalue weighted by Crippen LogP contribution is 2.41. The number of likely N-dealkylation sites (tertiary alicyclic amines) is 1. The summed E-state index contributed by atoms with van der Waals surface area (Å²) in [5.41, 5.74) is 0.491. The fourth-order valence-corrected chi connectivity index (χ4v) is 3.68. The molecule has 16 heteroatoms. The summed E-state index contributed by atoms with van der Waals surface area (Å²) in [6.07, 6.45) is -3.90. The van der Waals surface area contributed by atoms with Crippen molar-refractivity contribution in [3.8, 4) is 0 Å². The number of halogens is 6. The van der Waals surface area contributed by atoms with Crippen LogP contribution in [0.25, 0.3) is 0 Å². The predicted molar refractivity (Wildman–Crippen MR) is 116 cm³/mol. The number of hydrogen-bond acceptors (Lipinski definition) is 6. The molecule has 0 radical (unpaired) electrons. The van der Waals surface area contributed by atoms with Gasteiger partial charge in [0, 0.05) is 55.6 Å². The number of carbonyl (C=O) groups excluding carboxylic acids is 2. The van der Waals surface area contributed by atoms with Gasteiger partial charge in [0.1, 0.15) is 5.82 Å². The quantitative estimate of drug-likeness (QED) is 0.544. The van der Waals surface area contributed by atoms with E-state index in [0.717, 1.165) is 6.42 Å². The van der Waals surface area contributed by atoms with Gasteiger partial charge >= 0.3 is 24.3 Å². The molecule has 0 bridgehead atoms. The standard InChI is InChI=1S/C18H18N4O2.2C2HF3O2/c23-16-11-18(13-22(16)15-3-1-2-7-20-15)6-10-21(12-18)17(24)14-4-8-19-9-5-14;2*3-2(4,5)1(6)7/h1-5,7-9H,6,10-13H2;2*(H,6,7). The highest BCUT2D eigenvalue weighted by atomic mass is 19.4. The fraction of sp³-hybridized carbons (Fsp3) is 0.364. The fourth-order valence-electron chi connectivity index (χ4n) is 3.68. The predicted octanol–water partition coefficient (Wildman–Crippen LogP) is 3.01. The van der Waals surface area contributed by atoms with E-state index in [-0.39, 0.29) is 17.2 Å². The number of nitrogens with zero attached hydrogens (tertiary/aromatic N) is 4. The van der Waals surface area contributed by atoms with E-state index in [1.165, 1.54) is 0 Å². The summed E-state index contributed by atoms with van der Waals surface area (Å²) in [6.45, 7) is 1.93. The van der Waals surface area contributed by atoms with E-state index >= 15 is 0 Å². The van der Waals surface area contributed by atoms with Crippen LogP contribution in [0, 0.1) is 5.41 Å². The molecule has 2 aliphatic heterocycles. The maximum absolute atomic E-state index is 12.6. The summed E-state index contributed by atoms with van der Waals surface area (Å²) in [5, 5.41) is 14.2. The van der Waals surface area contributed by atoms with Crippen LogP contribution >= 0.6 is 0 Å². The number of carboxylic acids is 2. The Morgan fingerprint density at radius 3 is 1.89 bits per heavy atom. The van der Waals surface area contributed by atoms with Gasteiger partial charge < -0.3 is 15.1 Å². The Kier molecular flexibility index (Phi) is 9.37. The van der Waals surface area contributed by atoms with Crippen LogP contribution in [0.4, 0.5) is 32.2 Å². The lowest BCUT2D eigenvalue weighted by molar-refractivity contribution is -0.193. The van der Waals surface area contributed by atoms with Gasteiger partial charge in [-0.2, -0.15) is 26.3 Å². The number of aliphatic carboxylic acids is 2. The van der Waals surface area contributed by atoms with Crippen LogP contribution in [0.2, 0.25) is 0 Å². The molecule has 10 nitrogen and oxygen atoms in total. The Labute approximate surface area is 210 Å². The molecule has 2 fully saturated rings. The van der Waals surface area contributed by atoms with Crippen LogP contribution < -0.4 is 4.90 Å². The van der Waals surface area contributed by atoms with E-state index in [1.54, 1.807) is 35.6 Å². The van der Waals surface area contributed by atoms with Crippen LogP contribution in [0.5, 0.6) is 0 Å². The zero-order valence-corrected chi connectivity index (χ0v) is 19.2. The zero-order chi connectivity index (χ0) is 28.7. The average Bonchev–Trinajstić information content (AvgIpc) is 3.41. The first kappa shape index (κ1) is 30.0. The summed E-state index contributed by atoms with van der Waals surface area (Å²) in [6, 6.07) is 9.03. The van der Waals surface area contributed by atoms with E-state index < -0.39 is 24.3 Å². The number of anilines is 1. The van der Waals surface area contributed by atoms with E-state index in [2.05, 4.69) is 9.97 Å². The molecule has 1 atom stereocenters. The third-order valence-electron chi connectivity index (χ3n) is 5.38. The van der Waals surface area contributed by atoms with Gasteiger partial charge in [0.25, 0.3) is 5.91 Å². The Hall–Kier alpha value is -4.24. The maximum atomic E-state index is 12.6. The van der Waals surface area contributed by atoms with Gasteiger partial charge in [-0.05, 0) is 30.7 Å². The second kappa shape index (κ2) is 11.9. The highest BCUT2D eigenvalue weighted by molar-refractivity contribution is 5.97. The molecule has 4 heterocycles. The van der Waals surface area contributed by atoms with Gasteiger partial charge in [-0.3, -0.25) is 19.5 Å². The molecule has 1 spiro atoms. The van der Waals surface area contributed by atoms with Gasteiger partial charge in [-0.25, -0.2) is 14.6 Å². The lowest BCUT2D eigenvalue weighted by Crippen LogP contribution is -2.34. The van der Waals surface area contributed by atoms with Crippen LogP contribution in [0.3, 0.4) is 0 Å². The minimum atomic E-state index is -5.08. The number of carbonyl (C=O) groups is 4. The number of pyridine rings is 2. The Morgan fingerprint density at radius 2 is 1.42 bits per heavy atom.